The standard InChI is InChI=1S/C27H30F6N2O3/c1-14-7-5-10-18(15(14)2)35-19-12-24(3,4)13-20(36)21(19)25(23(35)38,27(31,32)33)34-22(37)16-8-6-9-17(11-16)26(28,29)30/h6,8-9,11,14-15,18H,5,7,10,12-13H2,1-4H3,(H,34,37)/t14-,15+,18+,25-/m1/s1. The molecule has 11 heteroatoms. The predicted molar refractivity (Wildman–Crippen MR) is 126 cm³/mol. The van der Waals surface area contributed by atoms with Crippen LogP contribution in [-0.2, 0) is 15.8 Å². The zero-order valence-corrected chi connectivity index (χ0v) is 21.5. The average Bonchev–Trinajstić information content (AvgIpc) is 3.02. The number of nitrogens with zero attached hydrogens (tertiary/aromatic N) is 1. The number of carbonyl (C=O) groups is 3. The fourth-order valence-corrected chi connectivity index (χ4v) is 6.13. The van der Waals surface area contributed by atoms with Gasteiger partial charge in [-0.3, -0.25) is 14.4 Å². The summed E-state index contributed by atoms with van der Waals surface area (Å²) in [4.78, 5) is 41.5. The summed E-state index contributed by atoms with van der Waals surface area (Å²) < 4.78 is 84.7. The first-order valence-electron chi connectivity index (χ1n) is 12.6. The van der Waals surface area contributed by atoms with Gasteiger partial charge in [0.1, 0.15) is 0 Å². The van der Waals surface area contributed by atoms with Gasteiger partial charge < -0.3 is 10.2 Å². The van der Waals surface area contributed by atoms with E-state index < -0.39 is 63.6 Å². The Morgan fingerprint density at radius 1 is 1.03 bits per heavy atom. The molecule has 4 atom stereocenters. The van der Waals surface area contributed by atoms with Crippen molar-refractivity contribution in [2.24, 2.45) is 17.3 Å². The molecule has 0 unspecified atom stereocenters. The van der Waals surface area contributed by atoms with Crippen LogP contribution in [0.25, 0.3) is 0 Å². The summed E-state index contributed by atoms with van der Waals surface area (Å²) in [6.07, 6.45) is -8.60. The predicted octanol–water partition coefficient (Wildman–Crippen LogP) is 6.05. The first-order chi connectivity index (χ1) is 17.4. The molecule has 2 amide bonds. The summed E-state index contributed by atoms with van der Waals surface area (Å²) in [6.45, 7) is 7.25. The minimum absolute atomic E-state index is 0.00860. The molecule has 1 fully saturated rings. The summed E-state index contributed by atoms with van der Waals surface area (Å²) in [6, 6.07) is 2.30. The molecule has 1 saturated carbocycles. The van der Waals surface area contributed by atoms with Gasteiger partial charge in [-0.1, -0.05) is 46.6 Å². The zero-order chi connectivity index (χ0) is 28.4. The van der Waals surface area contributed by atoms with Crippen LogP contribution in [0.2, 0.25) is 0 Å². The first-order valence-corrected chi connectivity index (χ1v) is 12.6. The van der Waals surface area contributed by atoms with Gasteiger partial charge >= 0.3 is 12.4 Å². The van der Waals surface area contributed by atoms with E-state index in [-0.39, 0.29) is 30.4 Å². The van der Waals surface area contributed by atoms with Gasteiger partial charge in [-0.05, 0) is 48.3 Å². The van der Waals surface area contributed by atoms with Crippen molar-refractivity contribution in [1.82, 2.24) is 10.2 Å². The van der Waals surface area contributed by atoms with Crippen LogP contribution in [0, 0.1) is 17.3 Å². The number of Topliss-reactive ketones (excluding diaryl/α,β-unsaturated/α-hetero) is 1. The molecule has 2 aliphatic carbocycles. The van der Waals surface area contributed by atoms with E-state index in [0.717, 1.165) is 23.5 Å². The minimum Gasteiger partial charge on any atom is -0.326 e. The second-order valence-corrected chi connectivity index (χ2v) is 11.6. The lowest BCUT2D eigenvalue weighted by atomic mass is 9.72. The highest BCUT2D eigenvalue weighted by atomic mass is 19.4. The van der Waals surface area contributed by atoms with Crippen molar-refractivity contribution in [3.05, 3.63) is 46.7 Å². The Balaban J connectivity index is 1.88. The molecule has 1 N–H and O–H groups in total. The van der Waals surface area contributed by atoms with Crippen LogP contribution in [0.5, 0.6) is 0 Å². The highest BCUT2D eigenvalue weighted by Crippen LogP contribution is 2.54. The van der Waals surface area contributed by atoms with Crippen molar-refractivity contribution in [1.29, 1.82) is 0 Å². The lowest BCUT2D eigenvalue weighted by Gasteiger charge is -2.43. The lowest BCUT2D eigenvalue weighted by Crippen LogP contribution is -2.67. The normalized spacial score (nSPS) is 29.9. The number of alkyl halides is 6. The van der Waals surface area contributed by atoms with Crippen LogP contribution in [0.1, 0.15) is 75.7 Å². The van der Waals surface area contributed by atoms with Gasteiger partial charge in [0.25, 0.3) is 11.8 Å². The maximum absolute atomic E-state index is 15.0. The lowest BCUT2D eigenvalue weighted by molar-refractivity contribution is -0.192. The van der Waals surface area contributed by atoms with Crippen LogP contribution in [0.15, 0.2) is 35.5 Å². The SMILES string of the molecule is C[C@H]1[C@H](C)CCC[C@@H]1N1C(=O)[C@@](NC(=O)c2cccc(C(F)(F)F)c2)(C(F)(F)F)C2=C1CC(C)(C)CC2=O. The number of hydrogen-bond donors (Lipinski definition) is 1. The smallest absolute Gasteiger partial charge is 0.326 e. The monoisotopic (exact) mass is 544 g/mol. The third-order valence-electron chi connectivity index (χ3n) is 8.23. The number of ketones is 1. The van der Waals surface area contributed by atoms with Gasteiger partial charge in [0.15, 0.2) is 5.78 Å². The van der Waals surface area contributed by atoms with Gasteiger partial charge in [-0.15, -0.1) is 0 Å². The van der Waals surface area contributed by atoms with E-state index in [0.29, 0.717) is 25.0 Å². The van der Waals surface area contributed by atoms with E-state index in [9.17, 15) is 27.6 Å². The van der Waals surface area contributed by atoms with Crippen molar-refractivity contribution in [3.63, 3.8) is 0 Å². The molecule has 38 heavy (non-hydrogen) atoms. The topological polar surface area (TPSA) is 66.5 Å². The summed E-state index contributed by atoms with van der Waals surface area (Å²) in [5.74, 6) is -3.99. The van der Waals surface area contributed by atoms with Gasteiger partial charge in [0.2, 0.25) is 5.54 Å². The molecule has 4 rings (SSSR count). The van der Waals surface area contributed by atoms with Gasteiger partial charge in [-0.2, -0.15) is 26.3 Å². The van der Waals surface area contributed by atoms with Crippen molar-refractivity contribution < 1.29 is 40.7 Å². The molecule has 1 aliphatic heterocycles. The molecule has 0 radical (unpaired) electrons. The number of amides is 2. The molecule has 0 aromatic heterocycles. The summed E-state index contributed by atoms with van der Waals surface area (Å²) >= 11 is 0. The Hall–Kier alpha value is -2.85. The van der Waals surface area contributed by atoms with Crippen LogP contribution >= 0.6 is 0 Å². The van der Waals surface area contributed by atoms with Crippen LogP contribution in [0.3, 0.4) is 0 Å². The molecule has 0 bridgehead atoms. The molecule has 5 nitrogen and oxygen atoms in total. The molecule has 1 heterocycles. The molecule has 1 aromatic carbocycles. The van der Waals surface area contributed by atoms with Crippen LogP contribution in [0.4, 0.5) is 26.3 Å². The molecule has 0 spiro atoms. The van der Waals surface area contributed by atoms with Crippen molar-refractivity contribution in [2.45, 2.75) is 83.7 Å². The van der Waals surface area contributed by atoms with E-state index in [4.69, 9.17) is 0 Å². The molecular weight excluding hydrogens is 514 g/mol. The van der Waals surface area contributed by atoms with Crippen LogP contribution in [-0.4, -0.2) is 40.3 Å². The number of allylic oxidation sites excluding steroid dienone is 1. The second kappa shape index (κ2) is 9.12. The van der Waals surface area contributed by atoms with Gasteiger partial charge in [0.05, 0.1) is 11.1 Å². The van der Waals surface area contributed by atoms with Crippen molar-refractivity contribution in [3.8, 4) is 0 Å². The Morgan fingerprint density at radius 2 is 1.68 bits per heavy atom. The third kappa shape index (κ3) is 4.51. The molecular formula is C27H30F6N2O3. The number of carbonyl (C=O) groups excluding carboxylic acids is 3. The Labute approximate surface area is 216 Å². The Morgan fingerprint density at radius 3 is 2.29 bits per heavy atom. The van der Waals surface area contributed by atoms with E-state index in [1.54, 1.807) is 19.2 Å². The first kappa shape index (κ1) is 28.2. The zero-order valence-electron chi connectivity index (χ0n) is 21.5. The summed E-state index contributed by atoms with van der Waals surface area (Å²) in [5.41, 5.74) is -7.23. The number of halogens is 6. The minimum atomic E-state index is -5.43. The second-order valence-electron chi connectivity index (χ2n) is 11.6. The highest BCUT2D eigenvalue weighted by Gasteiger charge is 2.72. The fraction of sp³-hybridized carbons (Fsp3) is 0.593. The van der Waals surface area contributed by atoms with E-state index in [1.165, 1.54) is 0 Å². The number of nitrogens with one attached hydrogen (secondary N) is 1. The molecule has 3 aliphatic rings. The van der Waals surface area contributed by atoms with Gasteiger partial charge in [0, 0.05) is 23.7 Å². The highest BCUT2D eigenvalue weighted by molar-refractivity contribution is 6.14. The van der Waals surface area contributed by atoms with E-state index in [2.05, 4.69) is 0 Å². The fourth-order valence-electron chi connectivity index (χ4n) is 6.13. The van der Waals surface area contributed by atoms with Crippen LogP contribution < -0.4 is 5.32 Å². The maximum atomic E-state index is 15.0. The molecule has 0 saturated heterocycles. The van der Waals surface area contributed by atoms with E-state index in [1.807, 2.05) is 13.8 Å². The largest absolute Gasteiger partial charge is 0.425 e. The van der Waals surface area contributed by atoms with Crippen molar-refractivity contribution in [2.75, 3.05) is 0 Å². The third-order valence-corrected chi connectivity index (χ3v) is 8.23. The number of hydrogen-bond acceptors (Lipinski definition) is 3. The Kier molecular flexibility index (Phi) is 6.76. The number of benzene rings is 1. The average molecular weight is 545 g/mol. The molecule has 208 valence electrons. The van der Waals surface area contributed by atoms with Gasteiger partial charge in [-0.25, -0.2) is 0 Å². The summed E-state index contributed by atoms with van der Waals surface area (Å²) in [5, 5.41) is 1.73. The quantitative estimate of drug-likeness (QED) is 0.472. The Bertz CT molecular complexity index is 1200. The van der Waals surface area contributed by atoms with E-state index >= 15 is 13.2 Å². The number of rotatable bonds is 3. The van der Waals surface area contributed by atoms with Crippen molar-refractivity contribution >= 4 is 17.6 Å². The summed E-state index contributed by atoms with van der Waals surface area (Å²) in [7, 11) is 0. The molecule has 1 aromatic rings. The maximum Gasteiger partial charge on any atom is 0.425 e.